The summed E-state index contributed by atoms with van der Waals surface area (Å²) in [6, 6.07) is 22.4. The number of aliphatic hydroxyl groups is 1. The number of anilines is 3. The van der Waals surface area contributed by atoms with E-state index >= 15 is 4.79 Å². The molecule has 0 radical (unpaired) electrons. The van der Waals surface area contributed by atoms with Crippen LogP contribution in [0.25, 0.3) is 0 Å². The van der Waals surface area contributed by atoms with Crippen LogP contribution in [0.15, 0.2) is 72.9 Å². The number of amides is 3. The van der Waals surface area contributed by atoms with Crippen molar-refractivity contribution in [2.45, 2.75) is 102 Å². The van der Waals surface area contributed by atoms with Crippen molar-refractivity contribution in [2.75, 3.05) is 41.5 Å². The van der Waals surface area contributed by atoms with Gasteiger partial charge in [0.2, 0.25) is 11.8 Å². The summed E-state index contributed by atoms with van der Waals surface area (Å²) in [6.45, 7) is 9.16. The molecule has 13 heteroatoms. The number of rotatable bonds is 12. The van der Waals surface area contributed by atoms with Gasteiger partial charge in [-0.1, -0.05) is 54.7 Å². The number of hydrogen-bond acceptors (Lipinski definition) is 8. The Kier molecular flexibility index (Phi) is 10.8. The van der Waals surface area contributed by atoms with Crippen LogP contribution in [0.1, 0.15) is 68.7 Å². The van der Waals surface area contributed by atoms with Crippen LogP contribution in [0.3, 0.4) is 0 Å². The lowest BCUT2D eigenvalue weighted by Crippen LogP contribution is -2.51. The first-order chi connectivity index (χ1) is 27.5. The van der Waals surface area contributed by atoms with Crippen LogP contribution in [0.2, 0.25) is 18.6 Å². The molecule has 5 heterocycles. The van der Waals surface area contributed by atoms with Gasteiger partial charge in [0.1, 0.15) is 5.75 Å². The number of benzene rings is 3. The molecular weight excluding hydrogens is 737 g/mol. The van der Waals surface area contributed by atoms with Gasteiger partial charge in [-0.3, -0.25) is 19.1 Å². The molecule has 1 spiro atoms. The van der Waals surface area contributed by atoms with Crippen molar-refractivity contribution in [1.29, 1.82) is 0 Å². The number of aryl methyl sites for hydroxylation is 1. The number of methoxy groups -OCH3 is 1. The smallest absolute Gasteiger partial charge is 0.264 e. The summed E-state index contributed by atoms with van der Waals surface area (Å²) >= 11 is 0. The molecule has 4 aliphatic rings. The Bertz CT molecular complexity index is 2120. The van der Waals surface area contributed by atoms with Crippen molar-refractivity contribution in [3.05, 3.63) is 89.7 Å². The summed E-state index contributed by atoms with van der Waals surface area (Å²) in [5.74, 6) is 0.724. The Hall–Kier alpha value is -4.85. The third kappa shape index (κ3) is 7.07. The molecule has 4 atom stereocenters. The normalized spacial score (nSPS) is 23.8. The van der Waals surface area contributed by atoms with Crippen LogP contribution >= 0.6 is 0 Å². The highest BCUT2D eigenvalue weighted by Crippen LogP contribution is 2.60. The average Bonchev–Trinajstić information content (AvgIpc) is 3.87. The number of nitrogens with zero attached hydrogens (tertiary/aromatic N) is 6. The van der Waals surface area contributed by atoms with Gasteiger partial charge in [0.05, 0.1) is 39.2 Å². The number of piperidine rings is 2. The monoisotopic (exact) mass is 790 g/mol. The van der Waals surface area contributed by atoms with Crippen molar-refractivity contribution < 1.29 is 29.0 Å². The molecule has 3 saturated heterocycles. The third-order valence-corrected chi connectivity index (χ3v) is 17.3. The van der Waals surface area contributed by atoms with Gasteiger partial charge >= 0.3 is 0 Å². The van der Waals surface area contributed by atoms with Gasteiger partial charge in [-0.15, -0.1) is 5.10 Å². The Balaban J connectivity index is 1.19. The third-order valence-electron chi connectivity index (χ3n) is 13.0. The molecule has 0 saturated carbocycles. The number of hydrogen-bond donors (Lipinski definition) is 1. The number of carbonyl (C=O) groups excluding carboxylic acids is 3. The van der Waals surface area contributed by atoms with Crippen molar-refractivity contribution in [3.8, 4) is 5.75 Å². The van der Waals surface area contributed by atoms with E-state index in [9.17, 15) is 14.7 Å². The molecule has 4 aliphatic heterocycles. The van der Waals surface area contributed by atoms with Gasteiger partial charge in [-0.2, -0.15) is 0 Å². The second-order valence-corrected chi connectivity index (χ2v) is 21.3. The number of ether oxygens (including phenoxy) is 2. The standard InChI is InChI=1S/C44H54N6O6Si/c1-30-42(57(3,4)36-18-16-35(55-2)17-19-36)39(21-25-47-29-32(22-26-51)45-46-47)56-44(30)37-27-34(49-24-8-6-10-41(49)53)15-20-38(37)50(43(44)54)28-31-11-13-33(14-12-31)48-23-7-5-9-40(48)52/h11-20,27,29-30,39,42,51H,5-10,21-26,28H2,1-4H3/t30-,39+,42-,44+/m1/s1. The lowest BCUT2D eigenvalue weighted by Gasteiger charge is -2.37. The molecule has 3 amide bonds. The van der Waals surface area contributed by atoms with E-state index in [4.69, 9.17) is 9.47 Å². The molecule has 57 heavy (non-hydrogen) atoms. The zero-order chi connectivity index (χ0) is 39.9. The zero-order valence-electron chi connectivity index (χ0n) is 33.5. The minimum atomic E-state index is -2.41. The van der Waals surface area contributed by atoms with Crippen LogP contribution in [0.5, 0.6) is 5.75 Å². The van der Waals surface area contributed by atoms with E-state index in [1.54, 1.807) is 11.8 Å². The maximum Gasteiger partial charge on any atom is 0.264 e. The van der Waals surface area contributed by atoms with Crippen LogP contribution in [-0.2, 0) is 44.2 Å². The maximum atomic E-state index is 15.5. The minimum Gasteiger partial charge on any atom is -0.497 e. The molecule has 4 aromatic rings. The molecule has 0 unspecified atom stereocenters. The second kappa shape index (κ2) is 15.8. The van der Waals surface area contributed by atoms with E-state index in [2.05, 4.69) is 48.5 Å². The average molecular weight is 791 g/mol. The van der Waals surface area contributed by atoms with E-state index < -0.39 is 13.7 Å². The van der Waals surface area contributed by atoms with E-state index in [1.807, 2.05) is 69.4 Å². The molecular formula is C44H54N6O6Si. The van der Waals surface area contributed by atoms with E-state index in [-0.39, 0.29) is 41.9 Å². The highest BCUT2D eigenvalue weighted by Gasteiger charge is 2.66. The Morgan fingerprint density at radius 3 is 2.21 bits per heavy atom. The highest BCUT2D eigenvalue weighted by atomic mass is 28.3. The van der Waals surface area contributed by atoms with Crippen molar-refractivity contribution in [3.63, 3.8) is 0 Å². The maximum absolute atomic E-state index is 15.5. The molecule has 0 bridgehead atoms. The molecule has 3 aromatic carbocycles. The van der Waals surface area contributed by atoms with Gasteiger partial charge in [0.25, 0.3) is 5.91 Å². The fraction of sp³-hybridized carbons (Fsp3) is 0.477. The van der Waals surface area contributed by atoms with E-state index in [0.717, 1.165) is 71.9 Å². The lowest BCUT2D eigenvalue weighted by molar-refractivity contribution is -0.146. The molecule has 8 rings (SSSR count). The Morgan fingerprint density at radius 2 is 1.56 bits per heavy atom. The van der Waals surface area contributed by atoms with E-state index in [0.29, 0.717) is 45.3 Å². The summed E-state index contributed by atoms with van der Waals surface area (Å²) in [7, 11) is -0.735. The first-order valence-corrected chi connectivity index (χ1v) is 23.6. The molecule has 0 aliphatic carbocycles. The van der Waals surface area contributed by atoms with E-state index in [1.165, 1.54) is 5.19 Å². The first kappa shape index (κ1) is 39.0. The predicted octanol–water partition coefficient (Wildman–Crippen LogP) is 5.71. The van der Waals surface area contributed by atoms with Crippen molar-refractivity contribution >= 4 is 48.0 Å². The number of fused-ring (bicyclic) bond motifs is 2. The number of aliphatic hydroxyl groups excluding tert-OH is 1. The molecule has 3 fully saturated rings. The van der Waals surface area contributed by atoms with Crippen LogP contribution in [-0.4, -0.2) is 78.8 Å². The van der Waals surface area contributed by atoms with Gasteiger partial charge in [0.15, 0.2) is 5.60 Å². The van der Waals surface area contributed by atoms with Crippen molar-refractivity contribution in [1.82, 2.24) is 15.0 Å². The summed E-state index contributed by atoms with van der Waals surface area (Å²) in [5, 5.41) is 19.3. The summed E-state index contributed by atoms with van der Waals surface area (Å²) < 4.78 is 14.7. The van der Waals surface area contributed by atoms with Gasteiger partial charge in [0, 0.05) is 74.6 Å². The summed E-state index contributed by atoms with van der Waals surface area (Å²) in [4.78, 5) is 47.1. The first-order valence-electron chi connectivity index (χ1n) is 20.5. The van der Waals surface area contributed by atoms with Crippen LogP contribution < -0.4 is 24.6 Å². The molecule has 1 aromatic heterocycles. The summed E-state index contributed by atoms with van der Waals surface area (Å²) in [5.41, 5.74) is 3.68. The largest absolute Gasteiger partial charge is 0.497 e. The molecule has 12 nitrogen and oxygen atoms in total. The van der Waals surface area contributed by atoms with Gasteiger partial charge in [-0.25, -0.2) is 0 Å². The quantitative estimate of drug-likeness (QED) is 0.181. The number of aromatic nitrogens is 3. The fourth-order valence-electron chi connectivity index (χ4n) is 9.95. The van der Waals surface area contributed by atoms with Crippen molar-refractivity contribution in [2.24, 2.45) is 5.92 Å². The SMILES string of the molecule is COc1ccc([Si](C)(C)[C@H]2[C@H](CCn3cc(CCO)nn3)O[C@@]3(C(=O)N(Cc4ccc(N5CCCCC5=O)cc4)c4ccc(N5CCCCC5=O)cc43)[C@@H]2C)cc1. The lowest BCUT2D eigenvalue weighted by atomic mass is 9.82. The molecule has 300 valence electrons. The van der Waals surface area contributed by atoms with Crippen LogP contribution in [0.4, 0.5) is 17.1 Å². The van der Waals surface area contributed by atoms with Gasteiger partial charge < -0.3 is 29.3 Å². The van der Waals surface area contributed by atoms with Crippen LogP contribution in [0, 0.1) is 5.92 Å². The Labute approximate surface area is 335 Å². The van der Waals surface area contributed by atoms with Gasteiger partial charge in [-0.05, 0) is 85.7 Å². The molecule has 1 N–H and O–H groups in total. The topological polar surface area (TPSA) is 130 Å². The second-order valence-electron chi connectivity index (χ2n) is 16.7. The predicted molar refractivity (Wildman–Crippen MR) is 221 cm³/mol. The highest BCUT2D eigenvalue weighted by molar-refractivity contribution is 6.91. The Morgan fingerprint density at radius 1 is 0.895 bits per heavy atom. The minimum absolute atomic E-state index is 0.000510. The zero-order valence-corrected chi connectivity index (χ0v) is 34.5. The summed E-state index contributed by atoms with van der Waals surface area (Å²) in [6.07, 6.45) is 7.40. The number of carbonyl (C=O) groups is 3. The fourth-order valence-corrected chi connectivity index (χ4v) is 14.0.